The van der Waals surface area contributed by atoms with E-state index in [9.17, 15) is 5.26 Å². The fraction of sp³-hybridized carbons (Fsp3) is 0.0208. The van der Waals surface area contributed by atoms with Gasteiger partial charge in [-0.1, -0.05) is 146 Å². The van der Waals surface area contributed by atoms with Crippen LogP contribution in [0.2, 0.25) is 0 Å². The first kappa shape index (κ1) is 30.9. The molecule has 0 saturated carbocycles. The van der Waals surface area contributed by atoms with Gasteiger partial charge in [-0.15, -0.1) is 0 Å². The Morgan fingerprint density at radius 1 is 0.423 bits per heavy atom. The minimum Gasteiger partial charge on any atom is -0.457 e. The monoisotopic (exact) mass is 665 g/mol. The number of para-hydroxylation sites is 1. The maximum atomic E-state index is 9.38. The van der Waals surface area contributed by atoms with Crippen molar-refractivity contribution in [2.75, 3.05) is 0 Å². The Balaban J connectivity index is 1.21. The third kappa shape index (κ3) is 5.33. The average Bonchev–Trinajstić information content (AvgIpc) is 3.23. The molecular formula is C48H31N3O. The molecule has 1 aliphatic heterocycles. The van der Waals surface area contributed by atoms with Crippen LogP contribution in [0.4, 0.5) is 0 Å². The molecule has 0 saturated heterocycles. The van der Waals surface area contributed by atoms with Crippen molar-refractivity contribution in [2.24, 2.45) is 0 Å². The number of nitriles is 1. The molecule has 1 aromatic heterocycles. The molecule has 0 bridgehead atoms. The van der Waals surface area contributed by atoms with Crippen molar-refractivity contribution < 1.29 is 4.74 Å². The number of benzene rings is 7. The topological polar surface area (TPSA) is 58.8 Å². The van der Waals surface area contributed by atoms with E-state index in [1.165, 1.54) is 11.1 Å². The number of hydrogen-bond donors (Lipinski definition) is 0. The molecule has 4 heteroatoms. The highest BCUT2D eigenvalue weighted by atomic mass is 16.5. The molecular weight excluding hydrogens is 635 g/mol. The Bertz CT molecular complexity index is 2550. The van der Waals surface area contributed by atoms with Crippen LogP contribution in [-0.4, -0.2) is 9.97 Å². The Hall–Kier alpha value is -7.09. The van der Waals surface area contributed by atoms with Crippen LogP contribution in [-0.2, 0) is 5.41 Å². The quantitative estimate of drug-likeness (QED) is 0.177. The lowest BCUT2D eigenvalue weighted by Gasteiger charge is -2.41. The second-order valence-corrected chi connectivity index (χ2v) is 12.9. The van der Waals surface area contributed by atoms with Gasteiger partial charge in [-0.2, -0.15) is 5.26 Å². The lowest BCUT2D eigenvalue weighted by Crippen LogP contribution is -2.34. The summed E-state index contributed by atoms with van der Waals surface area (Å²) in [7, 11) is 0. The van der Waals surface area contributed by atoms with Crippen molar-refractivity contribution in [1.29, 1.82) is 5.26 Å². The summed E-state index contributed by atoms with van der Waals surface area (Å²) >= 11 is 0. The van der Waals surface area contributed by atoms with E-state index in [4.69, 9.17) is 14.7 Å². The summed E-state index contributed by atoms with van der Waals surface area (Å²) in [5.74, 6) is 2.33. The molecule has 0 fully saturated rings. The van der Waals surface area contributed by atoms with E-state index in [1.807, 2.05) is 66.7 Å². The molecule has 52 heavy (non-hydrogen) atoms. The van der Waals surface area contributed by atoms with Gasteiger partial charge >= 0.3 is 0 Å². The maximum absolute atomic E-state index is 9.38. The number of fused-ring (bicyclic) bond motifs is 2. The van der Waals surface area contributed by atoms with Gasteiger partial charge in [0.15, 0.2) is 5.82 Å². The van der Waals surface area contributed by atoms with Crippen molar-refractivity contribution in [1.82, 2.24) is 9.97 Å². The van der Waals surface area contributed by atoms with E-state index in [1.54, 1.807) is 0 Å². The highest BCUT2D eigenvalue weighted by molar-refractivity contribution is 5.78. The molecule has 0 amide bonds. The predicted octanol–water partition coefficient (Wildman–Crippen LogP) is 11.5. The Morgan fingerprint density at radius 2 is 0.962 bits per heavy atom. The number of aromatic nitrogens is 2. The summed E-state index contributed by atoms with van der Waals surface area (Å²) in [6, 6.07) is 66.7. The molecule has 244 valence electrons. The molecule has 2 heterocycles. The minimum atomic E-state index is -0.604. The van der Waals surface area contributed by atoms with Gasteiger partial charge < -0.3 is 4.74 Å². The average molecular weight is 666 g/mol. The molecule has 0 atom stereocenters. The molecule has 0 N–H and O–H groups in total. The minimum absolute atomic E-state index is 0.604. The molecule has 0 radical (unpaired) electrons. The van der Waals surface area contributed by atoms with Gasteiger partial charge in [0.05, 0.1) is 28.4 Å². The van der Waals surface area contributed by atoms with E-state index in [2.05, 4.69) is 127 Å². The van der Waals surface area contributed by atoms with E-state index >= 15 is 0 Å². The second kappa shape index (κ2) is 13.0. The van der Waals surface area contributed by atoms with Crippen molar-refractivity contribution >= 4 is 0 Å². The van der Waals surface area contributed by atoms with Crippen molar-refractivity contribution in [2.45, 2.75) is 5.41 Å². The van der Waals surface area contributed by atoms with Crippen molar-refractivity contribution in [3.63, 3.8) is 0 Å². The third-order valence-corrected chi connectivity index (χ3v) is 9.87. The number of rotatable bonds is 6. The zero-order valence-electron chi connectivity index (χ0n) is 28.1. The first-order valence-corrected chi connectivity index (χ1v) is 17.3. The molecule has 1 aliphatic rings. The Labute approximate surface area is 303 Å². The summed E-state index contributed by atoms with van der Waals surface area (Å²) in [5.41, 5.74) is 11.1. The first-order valence-electron chi connectivity index (χ1n) is 17.3. The Morgan fingerprint density at radius 3 is 1.65 bits per heavy atom. The summed E-state index contributed by atoms with van der Waals surface area (Å²) < 4.78 is 6.65. The normalized spacial score (nSPS) is 12.5. The van der Waals surface area contributed by atoms with Crippen LogP contribution in [0.1, 0.15) is 27.8 Å². The molecule has 8 aromatic rings. The highest BCUT2D eigenvalue weighted by Crippen LogP contribution is 2.55. The van der Waals surface area contributed by atoms with Crippen LogP contribution in [0.5, 0.6) is 11.5 Å². The van der Waals surface area contributed by atoms with E-state index < -0.39 is 5.41 Å². The van der Waals surface area contributed by atoms with Gasteiger partial charge in [0, 0.05) is 27.8 Å². The zero-order valence-corrected chi connectivity index (χ0v) is 28.1. The van der Waals surface area contributed by atoms with Gasteiger partial charge in [0.1, 0.15) is 11.5 Å². The number of ether oxygens (including phenoxy) is 1. The first-order chi connectivity index (χ1) is 25.7. The van der Waals surface area contributed by atoms with Gasteiger partial charge in [-0.25, -0.2) is 9.97 Å². The van der Waals surface area contributed by atoms with Crippen LogP contribution in [0.25, 0.3) is 45.0 Å². The van der Waals surface area contributed by atoms with Crippen molar-refractivity contribution in [3.05, 3.63) is 216 Å². The maximum Gasteiger partial charge on any atom is 0.160 e. The number of hydrogen-bond acceptors (Lipinski definition) is 4. The summed E-state index contributed by atoms with van der Waals surface area (Å²) in [5, 5.41) is 9.38. The zero-order chi connectivity index (χ0) is 34.9. The molecule has 9 rings (SSSR count). The predicted molar refractivity (Wildman–Crippen MR) is 207 cm³/mol. The fourth-order valence-corrected chi connectivity index (χ4v) is 7.42. The lowest BCUT2D eigenvalue weighted by atomic mass is 9.63. The molecule has 0 spiro atoms. The summed E-state index contributed by atoms with van der Waals surface area (Å²) in [6.45, 7) is 0. The smallest absolute Gasteiger partial charge is 0.160 e. The van der Waals surface area contributed by atoms with E-state index in [0.29, 0.717) is 11.4 Å². The molecule has 0 unspecified atom stereocenters. The van der Waals surface area contributed by atoms with Gasteiger partial charge in [0.2, 0.25) is 0 Å². The van der Waals surface area contributed by atoms with Crippen molar-refractivity contribution in [3.8, 4) is 62.6 Å². The number of nitrogens with zero attached hydrogens (tertiary/aromatic N) is 3. The summed E-state index contributed by atoms with van der Waals surface area (Å²) in [6.07, 6.45) is 0. The van der Waals surface area contributed by atoms with E-state index in [0.717, 1.165) is 61.8 Å². The molecule has 4 nitrogen and oxygen atoms in total. The highest BCUT2D eigenvalue weighted by Gasteiger charge is 2.45. The Kier molecular flexibility index (Phi) is 7.72. The van der Waals surface area contributed by atoms with Crippen LogP contribution >= 0.6 is 0 Å². The van der Waals surface area contributed by atoms with Crippen LogP contribution in [0.15, 0.2) is 188 Å². The van der Waals surface area contributed by atoms with Crippen LogP contribution < -0.4 is 4.74 Å². The van der Waals surface area contributed by atoms with E-state index in [-0.39, 0.29) is 0 Å². The van der Waals surface area contributed by atoms with Crippen LogP contribution in [0, 0.1) is 11.3 Å². The van der Waals surface area contributed by atoms with Gasteiger partial charge in [-0.05, 0) is 64.7 Å². The molecule has 0 aliphatic carbocycles. The van der Waals surface area contributed by atoms with Gasteiger partial charge in [-0.3, -0.25) is 0 Å². The lowest BCUT2D eigenvalue weighted by molar-refractivity contribution is 0.434. The summed E-state index contributed by atoms with van der Waals surface area (Å²) in [4.78, 5) is 10.0. The fourth-order valence-electron chi connectivity index (χ4n) is 7.42. The molecule has 7 aromatic carbocycles. The van der Waals surface area contributed by atoms with Gasteiger partial charge in [0.25, 0.3) is 0 Å². The second-order valence-electron chi connectivity index (χ2n) is 12.9. The standard InChI is InChI=1S/C48H31N3O/c49-32-33-23-25-34(26-24-33)43-31-44(51-47(50-43)35-13-4-1-5-14-35)38-16-12-15-36(29-38)37-27-28-46-42(30-37)48(39-17-6-2-7-18-39,40-19-8-3-9-20-40)41-21-10-11-22-45(41)52-46/h1-31H. The SMILES string of the molecule is N#Cc1ccc(-c2cc(-c3cccc(-c4ccc5c(c4)C(c4ccccc4)(c4ccccc4)c4ccccc4O5)c3)nc(-c3ccccc3)n2)cc1. The largest absolute Gasteiger partial charge is 0.457 e. The third-order valence-electron chi connectivity index (χ3n) is 9.87. The van der Waals surface area contributed by atoms with Crippen LogP contribution in [0.3, 0.4) is 0 Å².